The van der Waals surface area contributed by atoms with Crippen LogP contribution in [0, 0.1) is 11.8 Å². The number of nitrogens with one attached hydrogen (secondary N) is 2. The SMILES string of the molecule is CC(C)(CC(=O)NCC1CC1C(=O)O)NC(=O)OCC1c2ccccc2-c2ccccc21. The Balaban J connectivity index is 1.28. The Hall–Kier alpha value is -3.35. The minimum Gasteiger partial charge on any atom is -0.481 e. The molecule has 32 heavy (non-hydrogen) atoms. The third-order valence-electron chi connectivity index (χ3n) is 6.19. The van der Waals surface area contributed by atoms with Gasteiger partial charge in [-0.05, 0) is 48.4 Å². The number of carbonyl (C=O) groups excluding carboxylic acids is 2. The summed E-state index contributed by atoms with van der Waals surface area (Å²) >= 11 is 0. The molecule has 0 saturated heterocycles. The fraction of sp³-hybridized carbons (Fsp3) is 0.400. The molecule has 0 spiro atoms. The van der Waals surface area contributed by atoms with Crippen LogP contribution < -0.4 is 10.6 Å². The van der Waals surface area contributed by atoms with Gasteiger partial charge in [0.1, 0.15) is 6.61 Å². The lowest BCUT2D eigenvalue weighted by Gasteiger charge is -2.25. The molecule has 0 radical (unpaired) electrons. The summed E-state index contributed by atoms with van der Waals surface area (Å²) in [4.78, 5) is 35.6. The normalized spacial score (nSPS) is 18.9. The van der Waals surface area contributed by atoms with Gasteiger partial charge in [0.15, 0.2) is 0 Å². The molecule has 168 valence electrons. The van der Waals surface area contributed by atoms with E-state index in [2.05, 4.69) is 34.9 Å². The van der Waals surface area contributed by atoms with Crippen molar-refractivity contribution in [3.63, 3.8) is 0 Å². The standard InChI is InChI=1S/C25H28N2O5/c1-25(2,12-22(28)26-13-15-11-20(15)23(29)30)27-24(31)32-14-21-18-9-5-3-7-16(18)17-8-4-6-10-19(17)21/h3-10,15,20-21H,11-14H2,1-2H3,(H,26,28)(H,27,31)(H,29,30). The average Bonchev–Trinajstić information content (AvgIpc) is 3.46. The molecule has 1 fully saturated rings. The van der Waals surface area contributed by atoms with Crippen molar-refractivity contribution in [1.29, 1.82) is 0 Å². The summed E-state index contributed by atoms with van der Waals surface area (Å²) in [6.45, 7) is 4.06. The Labute approximate surface area is 187 Å². The second-order valence-corrected chi connectivity index (χ2v) is 9.26. The smallest absolute Gasteiger partial charge is 0.407 e. The first kappa shape index (κ1) is 21.9. The van der Waals surface area contributed by atoms with Crippen LogP contribution in [0.15, 0.2) is 48.5 Å². The Bertz CT molecular complexity index is 1000. The van der Waals surface area contributed by atoms with Crippen LogP contribution >= 0.6 is 0 Å². The summed E-state index contributed by atoms with van der Waals surface area (Å²) in [7, 11) is 0. The zero-order valence-electron chi connectivity index (χ0n) is 18.3. The molecule has 7 nitrogen and oxygen atoms in total. The van der Waals surface area contributed by atoms with E-state index in [1.807, 2.05) is 24.3 Å². The van der Waals surface area contributed by atoms with Gasteiger partial charge in [-0.2, -0.15) is 0 Å². The number of fused-ring (bicyclic) bond motifs is 3. The summed E-state index contributed by atoms with van der Waals surface area (Å²) in [5.74, 6) is -1.44. The van der Waals surface area contributed by atoms with E-state index in [9.17, 15) is 14.4 Å². The van der Waals surface area contributed by atoms with Gasteiger partial charge in [0.05, 0.1) is 5.92 Å². The lowest BCUT2D eigenvalue weighted by molar-refractivity contribution is -0.139. The Morgan fingerprint density at radius 3 is 2.19 bits per heavy atom. The first-order valence-electron chi connectivity index (χ1n) is 10.9. The first-order valence-corrected chi connectivity index (χ1v) is 10.9. The highest BCUT2D eigenvalue weighted by atomic mass is 16.5. The number of alkyl carbamates (subject to hydrolysis) is 1. The van der Waals surface area contributed by atoms with Gasteiger partial charge >= 0.3 is 12.1 Å². The Morgan fingerprint density at radius 2 is 1.62 bits per heavy atom. The molecule has 2 atom stereocenters. The highest BCUT2D eigenvalue weighted by molar-refractivity contribution is 5.80. The summed E-state index contributed by atoms with van der Waals surface area (Å²) in [5, 5.41) is 14.5. The maximum atomic E-state index is 12.5. The molecular weight excluding hydrogens is 408 g/mol. The first-order chi connectivity index (χ1) is 15.2. The second kappa shape index (κ2) is 8.65. The number of benzene rings is 2. The van der Waals surface area contributed by atoms with Crippen LogP contribution in [0.4, 0.5) is 4.79 Å². The zero-order valence-corrected chi connectivity index (χ0v) is 18.3. The van der Waals surface area contributed by atoms with Crippen LogP contribution in [0.2, 0.25) is 0 Å². The average molecular weight is 437 g/mol. The molecule has 1 saturated carbocycles. The molecule has 2 amide bonds. The lowest BCUT2D eigenvalue weighted by atomic mass is 9.98. The minimum absolute atomic E-state index is 0.00495. The number of aliphatic carboxylic acids is 1. The number of amides is 2. The molecule has 0 bridgehead atoms. The van der Waals surface area contributed by atoms with Crippen LogP contribution in [-0.4, -0.2) is 41.8 Å². The molecule has 3 N–H and O–H groups in total. The number of ether oxygens (including phenoxy) is 1. The van der Waals surface area contributed by atoms with Crippen molar-refractivity contribution in [3.8, 4) is 11.1 Å². The number of hydrogen-bond donors (Lipinski definition) is 3. The summed E-state index contributed by atoms with van der Waals surface area (Å²) in [5.41, 5.74) is 3.80. The van der Waals surface area contributed by atoms with Crippen molar-refractivity contribution in [2.24, 2.45) is 11.8 Å². The predicted molar refractivity (Wildman–Crippen MR) is 119 cm³/mol. The summed E-state index contributed by atoms with van der Waals surface area (Å²) in [6, 6.07) is 16.3. The molecule has 2 aromatic carbocycles. The van der Waals surface area contributed by atoms with E-state index in [0.29, 0.717) is 13.0 Å². The van der Waals surface area contributed by atoms with Crippen molar-refractivity contribution in [1.82, 2.24) is 10.6 Å². The molecule has 7 heteroatoms. The Kier molecular flexibility index (Phi) is 5.91. The number of rotatable bonds is 8. The third kappa shape index (κ3) is 4.77. The molecule has 4 rings (SSSR count). The molecule has 2 aliphatic carbocycles. The van der Waals surface area contributed by atoms with Crippen LogP contribution in [0.25, 0.3) is 11.1 Å². The zero-order chi connectivity index (χ0) is 22.9. The highest BCUT2D eigenvalue weighted by Gasteiger charge is 2.43. The maximum absolute atomic E-state index is 12.5. The molecule has 0 heterocycles. The van der Waals surface area contributed by atoms with Gasteiger partial charge in [-0.3, -0.25) is 9.59 Å². The van der Waals surface area contributed by atoms with Crippen molar-refractivity contribution in [2.75, 3.05) is 13.2 Å². The van der Waals surface area contributed by atoms with E-state index >= 15 is 0 Å². The van der Waals surface area contributed by atoms with E-state index in [1.54, 1.807) is 13.8 Å². The quantitative estimate of drug-likeness (QED) is 0.587. The Morgan fingerprint density at radius 1 is 1.03 bits per heavy atom. The molecule has 0 aromatic heterocycles. The van der Waals surface area contributed by atoms with Crippen LogP contribution in [0.5, 0.6) is 0 Å². The van der Waals surface area contributed by atoms with Crippen LogP contribution in [0.1, 0.15) is 43.7 Å². The van der Waals surface area contributed by atoms with Gasteiger partial charge in [-0.1, -0.05) is 48.5 Å². The molecule has 0 aliphatic heterocycles. The van der Waals surface area contributed by atoms with Crippen molar-refractivity contribution < 1.29 is 24.2 Å². The molecular formula is C25H28N2O5. The molecule has 2 unspecified atom stereocenters. The highest BCUT2D eigenvalue weighted by Crippen LogP contribution is 2.44. The monoisotopic (exact) mass is 436 g/mol. The van der Waals surface area contributed by atoms with Gasteiger partial charge < -0.3 is 20.5 Å². The maximum Gasteiger partial charge on any atom is 0.407 e. The number of carboxylic acids is 1. The van der Waals surface area contributed by atoms with E-state index < -0.39 is 17.6 Å². The number of hydrogen-bond acceptors (Lipinski definition) is 4. The van der Waals surface area contributed by atoms with E-state index in [4.69, 9.17) is 9.84 Å². The van der Waals surface area contributed by atoms with Crippen molar-refractivity contribution >= 4 is 18.0 Å². The largest absolute Gasteiger partial charge is 0.481 e. The number of carboxylic acid groups (broad SMARTS) is 1. The summed E-state index contributed by atoms with van der Waals surface area (Å²) < 4.78 is 5.56. The fourth-order valence-corrected chi connectivity index (χ4v) is 4.44. The van der Waals surface area contributed by atoms with Crippen LogP contribution in [-0.2, 0) is 14.3 Å². The van der Waals surface area contributed by atoms with Crippen molar-refractivity contribution in [2.45, 2.75) is 38.1 Å². The lowest BCUT2D eigenvalue weighted by Crippen LogP contribution is -2.47. The predicted octanol–water partition coefficient (Wildman–Crippen LogP) is 3.53. The van der Waals surface area contributed by atoms with E-state index in [-0.39, 0.29) is 36.7 Å². The second-order valence-electron chi connectivity index (χ2n) is 9.26. The van der Waals surface area contributed by atoms with Gasteiger partial charge in [0, 0.05) is 24.4 Å². The van der Waals surface area contributed by atoms with E-state index in [0.717, 1.165) is 22.3 Å². The fourth-order valence-electron chi connectivity index (χ4n) is 4.44. The van der Waals surface area contributed by atoms with Crippen LogP contribution in [0.3, 0.4) is 0 Å². The van der Waals surface area contributed by atoms with Gasteiger partial charge in [0.25, 0.3) is 0 Å². The van der Waals surface area contributed by atoms with Gasteiger partial charge in [-0.15, -0.1) is 0 Å². The molecule has 2 aromatic rings. The van der Waals surface area contributed by atoms with Gasteiger partial charge in [-0.25, -0.2) is 4.79 Å². The van der Waals surface area contributed by atoms with E-state index in [1.165, 1.54) is 0 Å². The van der Waals surface area contributed by atoms with Gasteiger partial charge in [0.2, 0.25) is 5.91 Å². The molecule has 2 aliphatic rings. The third-order valence-corrected chi connectivity index (χ3v) is 6.19. The van der Waals surface area contributed by atoms with Crippen molar-refractivity contribution in [3.05, 3.63) is 59.7 Å². The minimum atomic E-state index is -0.818. The summed E-state index contributed by atoms with van der Waals surface area (Å²) in [6.07, 6.45) is 0.0939. The number of carbonyl (C=O) groups is 3. The topological polar surface area (TPSA) is 105 Å².